The van der Waals surface area contributed by atoms with Gasteiger partial charge in [-0.15, -0.1) is 0 Å². The lowest BCUT2D eigenvalue weighted by Crippen LogP contribution is -2.02. The summed E-state index contributed by atoms with van der Waals surface area (Å²) >= 11 is 0. The maximum absolute atomic E-state index is 5.99. The first-order valence-electron chi connectivity index (χ1n) is 7.20. The Morgan fingerprint density at radius 2 is 1.14 bits per heavy atom. The van der Waals surface area contributed by atoms with Gasteiger partial charge >= 0.3 is 0 Å². The first-order valence-corrected chi connectivity index (χ1v) is 7.20. The van der Waals surface area contributed by atoms with Crippen LogP contribution in [0.2, 0.25) is 0 Å². The van der Waals surface area contributed by atoms with Crippen LogP contribution < -0.4 is 4.74 Å². The molecule has 1 atom stereocenters. The van der Waals surface area contributed by atoms with Crippen LogP contribution >= 0.6 is 0 Å². The SMILES string of the molecule is CC(Oc1ccc(-c2ccccc2)cc1)c1ccccc1. The second-order valence-corrected chi connectivity index (χ2v) is 5.06. The quantitative estimate of drug-likeness (QED) is 0.611. The Morgan fingerprint density at radius 3 is 1.76 bits per heavy atom. The molecule has 0 heterocycles. The van der Waals surface area contributed by atoms with Gasteiger partial charge in [0.2, 0.25) is 0 Å². The molecule has 1 heteroatoms. The van der Waals surface area contributed by atoms with Crippen molar-refractivity contribution in [3.05, 3.63) is 90.5 Å². The maximum atomic E-state index is 5.99. The van der Waals surface area contributed by atoms with Crippen molar-refractivity contribution in [1.82, 2.24) is 0 Å². The Morgan fingerprint density at radius 1 is 0.619 bits per heavy atom. The largest absolute Gasteiger partial charge is 0.486 e. The normalized spacial score (nSPS) is 11.9. The average molecular weight is 274 g/mol. The minimum Gasteiger partial charge on any atom is -0.486 e. The van der Waals surface area contributed by atoms with E-state index in [9.17, 15) is 0 Å². The molecule has 0 N–H and O–H groups in total. The van der Waals surface area contributed by atoms with E-state index in [0.29, 0.717) is 0 Å². The van der Waals surface area contributed by atoms with Crippen molar-refractivity contribution in [2.24, 2.45) is 0 Å². The number of rotatable bonds is 4. The minimum atomic E-state index is 0.0498. The van der Waals surface area contributed by atoms with Gasteiger partial charge in [0.15, 0.2) is 0 Å². The van der Waals surface area contributed by atoms with E-state index in [2.05, 4.69) is 55.5 Å². The van der Waals surface area contributed by atoms with Gasteiger partial charge in [-0.3, -0.25) is 0 Å². The zero-order valence-electron chi connectivity index (χ0n) is 12.1. The number of hydrogen-bond acceptors (Lipinski definition) is 1. The summed E-state index contributed by atoms with van der Waals surface area (Å²) in [6.07, 6.45) is 0.0498. The summed E-state index contributed by atoms with van der Waals surface area (Å²) in [5.41, 5.74) is 3.61. The molecule has 0 radical (unpaired) electrons. The average Bonchev–Trinajstić information content (AvgIpc) is 2.57. The molecule has 3 rings (SSSR count). The van der Waals surface area contributed by atoms with Crippen molar-refractivity contribution in [3.8, 4) is 16.9 Å². The van der Waals surface area contributed by atoms with Crippen molar-refractivity contribution in [2.45, 2.75) is 13.0 Å². The Kier molecular flexibility index (Phi) is 4.02. The van der Waals surface area contributed by atoms with Crippen LogP contribution in [0.1, 0.15) is 18.6 Å². The van der Waals surface area contributed by atoms with Crippen molar-refractivity contribution >= 4 is 0 Å². The van der Waals surface area contributed by atoms with Crippen molar-refractivity contribution in [3.63, 3.8) is 0 Å². The van der Waals surface area contributed by atoms with Crippen LogP contribution in [0.25, 0.3) is 11.1 Å². The first kappa shape index (κ1) is 13.4. The molecule has 0 bridgehead atoms. The van der Waals surface area contributed by atoms with Gasteiger partial charge in [0.25, 0.3) is 0 Å². The highest BCUT2D eigenvalue weighted by Crippen LogP contribution is 2.25. The van der Waals surface area contributed by atoms with Gasteiger partial charge in [-0.25, -0.2) is 0 Å². The molecule has 0 aliphatic heterocycles. The molecule has 104 valence electrons. The molecule has 1 unspecified atom stereocenters. The summed E-state index contributed by atoms with van der Waals surface area (Å²) < 4.78 is 5.99. The second-order valence-electron chi connectivity index (χ2n) is 5.06. The second kappa shape index (κ2) is 6.27. The van der Waals surface area contributed by atoms with E-state index < -0.39 is 0 Å². The molecule has 3 aromatic rings. The van der Waals surface area contributed by atoms with Crippen molar-refractivity contribution < 1.29 is 4.74 Å². The Hall–Kier alpha value is -2.54. The van der Waals surface area contributed by atoms with E-state index >= 15 is 0 Å². The van der Waals surface area contributed by atoms with Gasteiger partial charge in [0, 0.05) is 0 Å². The molecule has 0 saturated carbocycles. The zero-order valence-corrected chi connectivity index (χ0v) is 12.1. The van der Waals surface area contributed by atoms with Crippen molar-refractivity contribution in [2.75, 3.05) is 0 Å². The van der Waals surface area contributed by atoms with Crippen molar-refractivity contribution in [1.29, 1.82) is 0 Å². The third-order valence-electron chi connectivity index (χ3n) is 3.54. The van der Waals surface area contributed by atoms with Crippen LogP contribution in [0.4, 0.5) is 0 Å². The standard InChI is InChI=1S/C20H18O/c1-16(17-8-4-2-5-9-17)21-20-14-12-19(13-15-20)18-10-6-3-7-11-18/h2-16H,1H3. The molecule has 1 nitrogen and oxygen atoms in total. The maximum Gasteiger partial charge on any atom is 0.121 e. The predicted octanol–water partition coefficient (Wildman–Crippen LogP) is 5.49. The van der Waals surface area contributed by atoms with E-state index in [1.54, 1.807) is 0 Å². The third-order valence-corrected chi connectivity index (χ3v) is 3.54. The summed E-state index contributed by atoms with van der Waals surface area (Å²) in [5, 5.41) is 0. The van der Waals surface area contributed by atoms with Crippen LogP contribution in [-0.2, 0) is 0 Å². The Bertz CT molecular complexity index is 672. The summed E-state index contributed by atoms with van der Waals surface area (Å²) in [6, 6.07) is 28.9. The lowest BCUT2D eigenvalue weighted by Gasteiger charge is -2.15. The lowest BCUT2D eigenvalue weighted by atomic mass is 10.1. The van der Waals surface area contributed by atoms with Crippen LogP contribution in [0.5, 0.6) is 5.75 Å². The number of benzene rings is 3. The smallest absolute Gasteiger partial charge is 0.121 e. The van der Waals surface area contributed by atoms with Crippen LogP contribution in [0.15, 0.2) is 84.9 Å². The molecule has 0 aliphatic rings. The summed E-state index contributed by atoms with van der Waals surface area (Å²) in [7, 11) is 0. The molecular weight excluding hydrogens is 256 g/mol. The third kappa shape index (κ3) is 3.32. The van der Waals surface area contributed by atoms with E-state index in [1.165, 1.54) is 16.7 Å². The number of ether oxygens (including phenoxy) is 1. The van der Waals surface area contributed by atoms with E-state index in [-0.39, 0.29) is 6.10 Å². The summed E-state index contributed by atoms with van der Waals surface area (Å²) in [5.74, 6) is 0.894. The van der Waals surface area contributed by atoms with Gasteiger partial charge in [0.05, 0.1) is 0 Å². The highest BCUT2D eigenvalue weighted by atomic mass is 16.5. The fourth-order valence-electron chi connectivity index (χ4n) is 2.35. The lowest BCUT2D eigenvalue weighted by molar-refractivity contribution is 0.227. The molecule has 21 heavy (non-hydrogen) atoms. The highest BCUT2D eigenvalue weighted by molar-refractivity contribution is 5.63. The fraction of sp³-hybridized carbons (Fsp3) is 0.100. The minimum absolute atomic E-state index is 0.0498. The highest BCUT2D eigenvalue weighted by Gasteiger charge is 2.06. The molecule has 0 spiro atoms. The molecule has 0 fully saturated rings. The van der Waals surface area contributed by atoms with Gasteiger partial charge < -0.3 is 4.74 Å². The van der Waals surface area contributed by atoms with Crippen LogP contribution in [-0.4, -0.2) is 0 Å². The molecular formula is C20H18O. The Labute approximate surface area is 125 Å². The van der Waals surface area contributed by atoms with Crippen LogP contribution in [0.3, 0.4) is 0 Å². The van der Waals surface area contributed by atoms with E-state index in [1.807, 2.05) is 36.4 Å². The topological polar surface area (TPSA) is 9.23 Å². The van der Waals surface area contributed by atoms with Gasteiger partial charge in [0.1, 0.15) is 11.9 Å². The number of hydrogen-bond donors (Lipinski definition) is 0. The van der Waals surface area contributed by atoms with Gasteiger partial charge in [-0.2, -0.15) is 0 Å². The zero-order chi connectivity index (χ0) is 14.5. The Balaban J connectivity index is 1.73. The van der Waals surface area contributed by atoms with Gasteiger partial charge in [-0.05, 0) is 35.7 Å². The summed E-state index contributed by atoms with van der Waals surface area (Å²) in [6.45, 7) is 2.07. The van der Waals surface area contributed by atoms with E-state index in [4.69, 9.17) is 4.74 Å². The molecule has 0 aromatic heterocycles. The van der Waals surface area contributed by atoms with Gasteiger partial charge in [-0.1, -0.05) is 72.8 Å². The first-order chi connectivity index (χ1) is 10.3. The van der Waals surface area contributed by atoms with Crippen LogP contribution in [0, 0.1) is 0 Å². The predicted molar refractivity (Wildman–Crippen MR) is 87.4 cm³/mol. The molecule has 0 saturated heterocycles. The molecule has 3 aromatic carbocycles. The van der Waals surface area contributed by atoms with E-state index in [0.717, 1.165) is 5.75 Å². The fourth-order valence-corrected chi connectivity index (χ4v) is 2.35. The molecule has 0 amide bonds. The molecule has 0 aliphatic carbocycles. The summed E-state index contributed by atoms with van der Waals surface area (Å²) in [4.78, 5) is 0. The monoisotopic (exact) mass is 274 g/mol.